The lowest BCUT2D eigenvalue weighted by molar-refractivity contribution is -0.137. The van der Waals surface area contributed by atoms with Crippen molar-refractivity contribution in [3.63, 3.8) is 0 Å². The van der Waals surface area contributed by atoms with E-state index in [0.717, 1.165) is 0 Å². The first-order valence-corrected chi connectivity index (χ1v) is 7.18. The lowest BCUT2D eigenvalue weighted by Gasteiger charge is -2.06. The zero-order valence-electron chi connectivity index (χ0n) is 12.1. The van der Waals surface area contributed by atoms with Crippen molar-refractivity contribution in [2.45, 2.75) is 25.7 Å². The van der Waals surface area contributed by atoms with Gasteiger partial charge in [0.15, 0.2) is 5.78 Å². The molecule has 0 aliphatic carbocycles. The van der Waals surface area contributed by atoms with E-state index in [2.05, 4.69) is 0 Å². The molecule has 0 atom stereocenters. The fourth-order valence-electron chi connectivity index (χ4n) is 2.26. The summed E-state index contributed by atoms with van der Waals surface area (Å²) in [5.41, 5.74) is 1.65. The molecule has 1 N–H and O–H groups in total. The van der Waals surface area contributed by atoms with Crippen LogP contribution < -0.4 is 0 Å². The number of halogens is 1. The van der Waals surface area contributed by atoms with E-state index >= 15 is 0 Å². The molecule has 0 unspecified atom stereocenters. The zero-order valence-corrected chi connectivity index (χ0v) is 12.1. The Labute approximate surface area is 128 Å². The Kier molecular flexibility index (Phi) is 5.42. The Morgan fingerprint density at radius 1 is 0.955 bits per heavy atom. The molecule has 2 aromatic carbocycles. The van der Waals surface area contributed by atoms with Crippen molar-refractivity contribution in [1.29, 1.82) is 0 Å². The molecule has 0 fully saturated rings. The molecule has 4 heteroatoms. The van der Waals surface area contributed by atoms with Gasteiger partial charge in [-0.3, -0.25) is 9.59 Å². The summed E-state index contributed by atoms with van der Waals surface area (Å²) in [6, 6.07) is 13.3. The highest BCUT2D eigenvalue weighted by Gasteiger charge is 2.09. The summed E-state index contributed by atoms with van der Waals surface area (Å²) in [5, 5.41) is 8.56. The Morgan fingerprint density at radius 3 is 2.41 bits per heavy atom. The van der Waals surface area contributed by atoms with Crippen molar-refractivity contribution in [2.24, 2.45) is 0 Å². The second kappa shape index (κ2) is 7.50. The van der Waals surface area contributed by atoms with Gasteiger partial charge < -0.3 is 5.11 Å². The number of unbranched alkanes of at least 4 members (excludes halogenated alkanes) is 1. The maximum atomic E-state index is 13.8. The number of hydrogen-bond acceptors (Lipinski definition) is 2. The summed E-state index contributed by atoms with van der Waals surface area (Å²) in [5.74, 6) is -1.23. The third kappa shape index (κ3) is 4.25. The average Bonchev–Trinajstić information content (AvgIpc) is 2.52. The second-order valence-corrected chi connectivity index (χ2v) is 5.08. The van der Waals surface area contributed by atoms with Gasteiger partial charge in [0.2, 0.25) is 0 Å². The van der Waals surface area contributed by atoms with E-state index in [1.807, 2.05) is 0 Å². The van der Waals surface area contributed by atoms with Crippen molar-refractivity contribution >= 4 is 11.8 Å². The van der Waals surface area contributed by atoms with Crippen LogP contribution in [0.1, 0.15) is 36.0 Å². The minimum atomic E-state index is -0.853. The van der Waals surface area contributed by atoms with E-state index in [1.165, 1.54) is 6.07 Å². The summed E-state index contributed by atoms with van der Waals surface area (Å²) < 4.78 is 13.8. The van der Waals surface area contributed by atoms with Gasteiger partial charge in [-0.25, -0.2) is 4.39 Å². The van der Waals surface area contributed by atoms with Gasteiger partial charge in [-0.2, -0.15) is 0 Å². The summed E-state index contributed by atoms with van der Waals surface area (Å²) in [4.78, 5) is 22.5. The molecule has 22 heavy (non-hydrogen) atoms. The summed E-state index contributed by atoms with van der Waals surface area (Å²) >= 11 is 0. The summed E-state index contributed by atoms with van der Waals surface area (Å²) in [6.45, 7) is 0. The van der Waals surface area contributed by atoms with Crippen molar-refractivity contribution in [1.82, 2.24) is 0 Å². The van der Waals surface area contributed by atoms with E-state index in [4.69, 9.17) is 5.11 Å². The average molecular weight is 300 g/mol. The van der Waals surface area contributed by atoms with Crippen LogP contribution in [0.5, 0.6) is 0 Å². The Balaban J connectivity index is 2.07. The number of aliphatic carboxylic acids is 1. The van der Waals surface area contributed by atoms with Crippen LogP contribution in [0.4, 0.5) is 4.39 Å². The molecule has 0 aliphatic rings. The van der Waals surface area contributed by atoms with Crippen molar-refractivity contribution in [2.75, 3.05) is 0 Å². The largest absolute Gasteiger partial charge is 0.481 e. The van der Waals surface area contributed by atoms with Crippen LogP contribution in [0.2, 0.25) is 0 Å². The van der Waals surface area contributed by atoms with E-state index in [9.17, 15) is 14.0 Å². The van der Waals surface area contributed by atoms with Gasteiger partial charge in [0.25, 0.3) is 0 Å². The van der Waals surface area contributed by atoms with Crippen LogP contribution in [0.15, 0.2) is 48.5 Å². The maximum Gasteiger partial charge on any atom is 0.303 e. The first-order chi connectivity index (χ1) is 10.6. The number of carbonyl (C=O) groups excluding carboxylic acids is 1. The number of benzene rings is 2. The first kappa shape index (κ1) is 15.9. The molecular weight excluding hydrogens is 283 g/mol. The fraction of sp³-hybridized carbons (Fsp3) is 0.222. The number of Topliss-reactive ketones (excluding diaryl/α,β-unsaturated/α-hetero) is 1. The van der Waals surface area contributed by atoms with Gasteiger partial charge in [0.1, 0.15) is 5.82 Å². The van der Waals surface area contributed by atoms with Crippen LogP contribution in [0.25, 0.3) is 11.1 Å². The monoisotopic (exact) mass is 300 g/mol. The third-order valence-corrected chi connectivity index (χ3v) is 3.41. The van der Waals surface area contributed by atoms with E-state index in [0.29, 0.717) is 36.0 Å². The van der Waals surface area contributed by atoms with Crippen molar-refractivity contribution in [3.8, 4) is 11.1 Å². The molecular formula is C18H17FO3. The van der Waals surface area contributed by atoms with Crippen LogP contribution in [0, 0.1) is 5.82 Å². The molecule has 0 saturated heterocycles. The first-order valence-electron chi connectivity index (χ1n) is 7.18. The van der Waals surface area contributed by atoms with Crippen LogP contribution in [0.3, 0.4) is 0 Å². The Hall–Kier alpha value is -2.49. The van der Waals surface area contributed by atoms with Crippen LogP contribution >= 0.6 is 0 Å². The second-order valence-electron chi connectivity index (χ2n) is 5.08. The minimum absolute atomic E-state index is 0.0522. The molecule has 0 aromatic heterocycles. The number of carboxylic acid groups (broad SMARTS) is 1. The van der Waals surface area contributed by atoms with Gasteiger partial charge >= 0.3 is 5.97 Å². The van der Waals surface area contributed by atoms with Gasteiger partial charge in [-0.05, 0) is 30.5 Å². The lowest BCUT2D eigenvalue weighted by Crippen LogP contribution is -2.01. The normalized spacial score (nSPS) is 10.4. The van der Waals surface area contributed by atoms with Crippen molar-refractivity contribution in [3.05, 3.63) is 59.9 Å². The maximum absolute atomic E-state index is 13.8. The summed E-state index contributed by atoms with van der Waals surface area (Å²) in [7, 11) is 0. The van der Waals surface area contributed by atoms with E-state index < -0.39 is 5.97 Å². The standard InChI is InChI=1S/C18H17FO3/c19-16-9-2-1-8-15(16)13-6-5-7-14(12-13)17(20)10-3-4-11-18(21)22/h1-2,5-9,12H,3-4,10-11H2,(H,21,22). The van der Waals surface area contributed by atoms with E-state index in [-0.39, 0.29) is 18.0 Å². The van der Waals surface area contributed by atoms with Crippen LogP contribution in [-0.2, 0) is 4.79 Å². The lowest BCUT2D eigenvalue weighted by atomic mass is 9.99. The minimum Gasteiger partial charge on any atom is -0.481 e. The molecule has 0 amide bonds. The topological polar surface area (TPSA) is 54.4 Å². The predicted molar refractivity (Wildman–Crippen MR) is 82.3 cm³/mol. The van der Waals surface area contributed by atoms with Crippen molar-refractivity contribution < 1.29 is 19.1 Å². The zero-order chi connectivity index (χ0) is 15.9. The molecule has 0 saturated carbocycles. The van der Waals surface area contributed by atoms with E-state index in [1.54, 1.807) is 42.5 Å². The van der Waals surface area contributed by atoms with Gasteiger partial charge in [-0.1, -0.05) is 36.4 Å². The number of rotatable bonds is 7. The SMILES string of the molecule is O=C(O)CCCCC(=O)c1cccc(-c2ccccc2F)c1. The molecule has 2 aromatic rings. The Bertz CT molecular complexity index is 680. The molecule has 0 bridgehead atoms. The molecule has 0 heterocycles. The molecule has 0 spiro atoms. The summed E-state index contributed by atoms with van der Waals surface area (Å²) in [6.07, 6.45) is 1.39. The number of carbonyl (C=O) groups is 2. The quantitative estimate of drug-likeness (QED) is 0.612. The molecule has 3 nitrogen and oxygen atoms in total. The molecule has 0 aliphatic heterocycles. The third-order valence-electron chi connectivity index (χ3n) is 3.41. The number of ketones is 1. The highest BCUT2D eigenvalue weighted by Crippen LogP contribution is 2.24. The highest BCUT2D eigenvalue weighted by atomic mass is 19.1. The highest BCUT2D eigenvalue weighted by molar-refractivity contribution is 5.97. The fourth-order valence-corrected chi connectivity index (χ4v) is 2.26. The molecule has 114 valence electrons. The van der Waals surface area contributed by atoms with Gasteiger partial charge in [0.05, 0.1) is 0 Å². The van der Waals surface area contributed by atoms with Crippen LogP contribution in [-0.4, -0.2) is 16.9 Å². The van der Waals surface area contributed by atoms with Gasteiger partial charge in [-0.15, -0.1) is 0 Å². The number of carboxylic acids is 1. The smallest absolute Gasteiger partial charge is 0.303 e. The predicted octanol–water partition coefficient (Wildman–Crippen LogP) is 4.32. The molecule has 2 rings (SSSR count). The Morgan fingerprint density at radius 2 is 1.68 bits per heavy atom. The number of hydrogen-bond donors (Lipinski definition) is 1. The molecule has 0 radical (unpaired) electrons. The van der Waals surface area contributed by atoms with Gasteiger partial charge in [0, 0.05) is 24.0 Å².